The number of nitrogens with one attached hydrogen (secondary N) is 1. The van der Waals surface area contributed by atoms with E-state index in [-0.39, 0.29) is 11.4 Å². The first-order chi connectivity index (χ1) is 14.3. The van der Waals surface area contributed by atoms with Crippen LogP contribution < -0.4 is 11.3 Å². The maximum atomic E-state index is 12.8. The predicted molar refractivity (Wildman–Crippen MR) is 111 cm³/mol. The molecule has 0 amide bonds. The molecule has 3 aromatic rings. The summed E-state index contributed by atoms with van der Waals surface area (Å²) in [6, 6.07) is 8.26. The van der Waals surface area contributed by atoms with Crippen molar-refractivity contribution in [3.63, 3.8) is 0 Å². The van der Waals surface area contributed by atoms with Crippen molar-refractivity contribution in [2.45, 2.75) is 23.6 Å². The minimum Gasteiger partial charge on any atom is -0.398 e. The summed E-state index contributed by atoms with van der Waals surface area (Å²) in [5, 5.41) is 10.2. The van der Waals surface area contributed by atoms with Crippen molar-refractivity contribution in [3.05, 3.63) is 58.0 Å². The molecule has 0 unspecified atom stereocenters. The van der Waals surface area contributed by atoms with E-state index in [1.54, 1.807) is 31.2 Å². The molecule has 0 aliphatic rings. The van der Waals surface area contributed by atoms with Crippen molar-refractivity contribution in [2.24, 2.45) is 10.2 Å². The highest BCUT2D eigenvalue weighted by Crippen LogP contribution is 2.33. The smallest absolute Gasteiger partial charge is 0.299 e. The van der Waals surface area contributed by atoms with Crippen LogP contribution in [0.15, 0.2) is 61.2 Å². The number of hydrogen-bond donors (Lipinski definition) is 4. The van der Waals surface area contributed by atoms with Crippen LogP contribution >= 0.6 is 0 Å². The Labute approximate surface area is 176 Å². The Hall–Kier alpha value is -3.33. The number of hydrogen-bond acceptors (Lipinski definition) is 8. The van der Waals surface area contributed by atoms with Gasteiger partial charge in [-0.1, -0.05) is 18.2 Å². The summed E-state index contributed by atoms with van der Waals surface area (Å²) in [5.41, 5.74) is 5.03. The Morgan fingerprint density at radius 2 is 1.58 bits per heavy atom. The van der Waals surface area contributed by atoms with Gasteiger partial charge in [0.25, 0.3) is 25.8 Å². The molecule has 0 fully saturated rings. The molecular weight excluding hydrogens is 450 g/mol. The van der Waals surface area contributed by atoms with Crippen molar-refractivity contribution in [1.82, 2.24) is 9.78 Å². The van der Waals surface area contributed by atoms with E-state index in [1.807, 2.05) is 0 Å². The van der Waals surface area contributed by atoms with Gasteiger partial charge in [-0.15, -0.1) is 10.2 Å². The third-order valence-corrected chi connectivity index (χ3v) is 6.09. The molecule has 0 radical (unpaired) electrons. The third kappa shape index (κ3) is 4.41. The predicted octanol–water partition coefficient (Wildman–Crippen LogP) is 2.27. The Balaban J connectivity index is 2.19. The monoisotopic (exact) mass is 467 g/mol. The summed E-state index contributed by atoms with van der Waals surface area (Å²) in [4.78, 5) is 11.1. The summed E-state index contributed by atoms with van der Waals surface area (Å²) < 4.78 is 66.1. The second-order valence-corrected chi connectivity index (χ2v) is 9.30. The third-order valence-electron chi connectivity index (χ3n) is 4.30. The van der Waals surface area contributed by atoms with E-state index < -0.39 is 47.0 Å². The van der Waals surface area contributed by atoms with Crippen molar-refractivity contribution in [3.8, 4) is 5.69 Å². The number of H-pyrrole nitrogens is 1. The minimum absolute atomic E-state index is 0.185. The van der Waals surface area contributed by atoms with Gasteiger partial charge in [-0.3, -0.25) is 19.0 Å². The van der Waals surface area contributed by atoms with E-state index in [4.69, 9.17) is 5.73 Å². The topological polar surface area (TPSA) is 197 Å². The Morgan fingerprint density at radius 3 is 2.16 bits per heavy atom. The van der Waals surface area contributed by atoms with E-state index in [2.05, 4.69) is 15.3 Å². The lowest BCUT2D eigenvalue weighted by Gasteiger charge is -2.07. The molecule has 0 spiro atoms. The maximum Gasteiger partial charge on any atom is 0.299 e. The van der Waals surface area contributed by atoms with Crippen LogP contribution in [0.3, 0.4) is 0 Å². The molecule has 3 rings (SSSR count). The normalized spacial score (nSPS) is 12.5. The summed E-state index contributed by atoms with van der Waals surface area (Å²) in [5.74, 6) is 0. The molecule has 0 saturated carbocycles. The van der Waals surface area contributed by atoms with Gasteiger partial charge in [0.05, 0.1) is 17.1 Å². The van der Waals surface area contributed by atoms with Crippen molar-refractivity contribution < 1.29 is 25.9 Å². The number of para-hydroxylation sites is 1. The van der Waals surface area contributed by atoms with E-state index in [0.29, 0.717) is 17.8 Å². The van der Waals surface area contributed by atoms with Crippen LogP contribution in [-0.2, 0) is 20.2 Å². The molecule has 5 N–H and O–H groups in total. The zero-order chi connectivity index (χ0) is 23.1. The van der Waals surface area contributed by atoms with Gasteiger partial charge in [0.1, 0.15) is 15.5 Å². The summed E-state index contributed by atoms with van der Waals surface area (Å²) in [7, 11) is -9.72. The Morgan fingerprint density at radius 1 is 0.968 bits per heavy atom. The van der Waals surface area contributed by atoms with Gasteiger partial charge in [0.15, 0.2) is 5.69 Å². The van der Waals surface area contributed by atoms with Crippen molar-refractivity contribution in [1.29, 1.82) is 0 Å². The molecule has 31 heavy (non-hydrogen) atoms. The van der Waals surface area contributed by atoms with Crippen LogP contribution in [0.4, 0.5) is 17.1 Å². The van der Waals surface area contributed by atoms with Gasteiger partial charge in [-0.25, -0.2) is 4.68 Å². The SMILES string of the molecule is Cc1ccccc1-n1[nH]c(C)c(N=Nc2cc(S(=O)(=O)O)c(N)cc2S(=O)(=O)O)c1=O. The van der Waals surface area contributed by atoms with Crippen molar-refractivity contribution >= 4 is 37.3 Å². The van der Waals surface area contributed by atoms with Crippen LogP contribution in [0.25, 0.3) is 5.69 Å². The molecule has 12 nitrogen and oxygen atoms in total. The first kappa shape index (κ1) is 22.4. The molecule has 164 valence electrons. The largest absolute Gasteiger partial charge is 0.398 e. The van der Waals surface area contributed by atoms with Crippen LogP contribution in [0.2, 0.25) is 0 Å². The van der Waals surface area contributed by atoms with Gasteiger partial charge in [0, 0.05) is 0 Å². The summed E-state index contributed by atoms with van der Waals surface area (Å²) in [6.45, 7) is 3.32. The second kappa shape index (κ2) is 7.73. The lowest BCUT2D eigenvalue weighted by atomic mass is 10.2. The number of aromatic amines is 1. The molecular formula is C17H17N5O7S2. The summed E-state index contributed by atoms with van der Waals surface area (Å²) >= 11 is 0. The molecule has 0 atom stereocenters. The fraction of sp³-hybridized carbons (Fsp3) is 0.118. The first-order valence-corrected chi connectivity index (χ1v) is 11.4. The average Bonchev–Trinajstić information content (AvgIpc) is 2.93. The van der Waals surface area contributed by atoms with E-state index in [9.17, 15) is 30.7 Å². The van der Waals surface area contributed by atoms with E-state index in [0.717, 1.165) is 5.56 Å². The molecule has 0 aliphatic carbocycles. The average molecular weight is 467 g/mol. The zero-order valence-electron chi connectivity index (χ0n) is 16.1. The fourth-order valence-electron chi connectivity index (χ4n) is 2.82. The fourth-order valence-corrected chi connectivity index (χ4v) is 4.07. The van der Waals surface area contributed by atoms with Gasteiger partial charge in [0.2, 0.25) is 0 Å². The van der Waals surface area contributed by atoms with E-state index in [1.165, 1.54) is 11.6 Å². The maximum absolute atomic E-state index is 12.8. The molecule has 0 aliphatic heterocycles. The van der Waals surface area contributed by atoms with Gasteiger partial charge < -0.3 is 5.73 Å². The highest BCUT2D eigenvalue weighted by molar-refractivity contribution is 7.86. The highest BCUT2D eigenvalue weighted by Gasteiger charge is 2.23. The lowest BCUT2D eigenvalue weighted by molar-refractivity contribution is 0.479. The van der Waals surface area contributed by atoms with Crippen LogP contribution in [0.5, 0.6) is 0 Å². The number of nitrogens with zero attached hydrogens (tertiary/aromatic N) is 3. The molecule has 1 aromatic heterocycles. The van der Waals surface area contributed by atoms with Gasteiger partial charge in [-0.2, -0.15) is 16.8 Å². The molecule has 0 saturated heterocycles. The number of aryl methyl sites for hydroxylation is 2. The van der Waals surface area contributed by atoms with Crippen LogP contribution in [0, 0.1) is 13.8 Å². The number of nitrogen functional groups attached to an aromatic ring is 1. The number of anilines is 1. The van der Waals surface area contributed by atoms with Crippen LogP contribution in [0.1, 0.15) is 11.3 Å². The Bertz CT molecular complexity index is 1490. The van der Waals surface area contributed by atoms with E-state index >= 15 is 0 Å². The Kier molecular flexibility index (Phi) is 5.58. The quantitative estimate of drug-likeness (QED) is 0.249. The lowest BCUT2D eigenvalue weighted by Crippen LogP contribution is -2.15. The van der Waals surface area contributed by atoms with Crippen LogP contribution in [-0.4, -0.2) is 35.7 Å². The molecule has 0 bridgehead atoms. The minimum atomic E-state index is -4.89. The zero-order valence-corrected chi connectivity index (χ0v) is 17.8. The summed E-state index contributed by atoms with van der Waals surface area (Å²) in [6.07, 6.45) is 0. The number of nitrogens with two attached hydrogens (primary N) is 1. The molecule has 14 heteroatoms. The second-order valence-electron chi connectivity index (χ2n) is 6.52. The van der Waals surface area contributed by atoms with Gasteiger partial charge in [-0.05, 0) is 37.6 Å². The van der Waals surface area contributed by atoms with Gasteiger partial charge >= 0.3 is 0 Å². The number of aromatic nitrogens is 2. The molecule has 1 heterocycles. The number of azo groups is 1. The standard InChI is InChI=1S/C17H17N5O7S2/c1-9-5-3-4-6-13(9)22-17(23)16(10(2)21-22)20-19-12-8-14(30(24,25)26)11(18)7-15(12)31(27,28)29/h3-8,21H,18H2,1-2H3,(H,24,25,26)(H,27,28,29). The highest BCUT2D eigenvalue weighted by atomic mass is 32.2. The number of rotatable bonds is 5. The number of benzene rings is 2. The first-order valence-electron chi connectivity index (χ1n) is 8.48. The van der Waals surface area contributed by atoms with Crippen molar-refractivity contribution in [2.75, 3.05) is 5.73 Å². The molecule has 2 aromatic carbocycles.